The average Bonchev–Trinajstić information content (AvgIpc) is 3.37. The van der Waals surface area contributed by atoms with Crippen LogP contribution in [-0.4, -0.2) is 33.2 Å². The number of rotatable bonds is 6. The van der Waals surface area contributed by atoms with Crippen molar-refractivity contribution >= 4 is 28.5 Å². The zero-order valence-corrected chi connectivity index (χ0v) is 16.3. The first kappa shape index (κ1) is 18.6. The molecule has 1 aliphatic rings. The summed E-state index contributed by atoms with van der Waals surface area (Å²) < 4.78 is 7.61. The summed E-state index contributed by atoms with van der Waals surface area (Å²) in [6.07, 6.45) is 13.0. The van der Waals surface area contributed by atoms with Crippen LogP contribution in [0, 0.1) is 0 Å². The van der Waals surface area contributed by atoms with Crippen LogP contribution in [0.15, 0.2) is 54.3 Å². The fourth-order valence-corrected chi connectivity index (χ4v) is 3.82. The summed E-state index contributed by atoms with van der Waals surface area (Å²) >= 11 is 1.42. The zero-order chi connectivity index (χ0) is 19.2. The minimum Gasteiger partial charge on any atom is -0.374 e. The van der Waals surface area contributed by atoms with E-state index in [1.54, 1.807) is 12.4 Å². The van der Waals surface area contributed by atoms with Gasteiger partial charge in [0.05, 0.1) is 11.8 Å². The number of carbonyl (C=O) groups is 1. The Morgan fingerprint density at radius 2 is 2.21 bits per heavy atom. The van der Waals surface area contributed by atoms with Gasteiger partial charge in [-0.3, -0.25) is 15.1 Å². The van der Waals surface area contributed by atoms with Gasteiger partial charge in [-0.1, -0.05) is 6.08 Å². The number of pyridine rings is 1. The standard InChI is InChI=1S/C21H22N4O2S/c26-20(19-5-3-12-25(19)14-16-8-10-22-11-9-16)24-21-23-17(15-28-21)6-7-18-4-1-2-13-27-18/h3,5-12,15,18H,1-2,4,13-14H2,(H,23,24,26). The third-order valence-electron chi connectivity index (χ3n) is 4.60. The number of thiazole rings is 1. The summed E-state index contributed by atoms with van der Waals surface area (Å²) in [7, 11) is 0. The van der Waals surface area contributed by atoms with Crippen LogP contribution in [0.3, 0.4) is 0 Å². The van der Waals surface area contributed by atoms with E-state index in [2.05, 4.69) is 21.4 Å². The molecule has 4 heterocycles. The summed E-state index contributed by atoms with van der Waals surface area (Å²) in [5, 5.41) is 5.42. The van der Waals surface area contributed by atoms with Crippen LogP contribution in [0.5, 0.6) is 0 Å². The number of ether oxygens (including phenoxy) is 1. The Morgan fingerprint density at radius 1 is 1.32 bits per heavy atom. The van der Waals surface area contributed by atoms with Gasteiger partial charge in [-0.2, -0.15) is 0 Å². The number of carbonyl (C=O) groups excluding carboxylic acids is 1. The van der Waals surface area contributed by atoms with E-state index in [-0.39, 0.29) is 12.0 Å². The van der Waals surface area contributed by atoms with Crippen molar-refractivity contribution < 1.29 is 9.53 Å². The number of nitrogens with one attached hydrogen (secondary N) is 1. The molecule has 1 saturated heterocycles. The van der Waals surface area contributed by atoms with Gasteiger partial charge in [0.1, 0.15) is 5.69 Å². The lowest BCUT2D eigenvalue weighted by Crippen LogP contribution is -2.17. The van der Waals surface area contributed by atoms with Crippen LogP contribution < -0.4 is 5.32 Å². The fraction of sp³-hybridized carbons (Fsp3) is 0.286. The molecular formula is C21H22N4O2S. The highest BCUT2D eigenvalue weighted by atomic mass is 32.1. The lowest BCUT2D eigenvalue weighted by atomic mass is 10.1. The van der Waals surface area contributed by atoms with Crippen molar-refractivity contribution in [2.75, 3.05) is 11.9 Å². The molecule has 1 aliphatic heterocycles. The molecule has 1 N–H and O–H groups in total. The van der Waals surface area contributed by atoms with Gasteiger partial charge in [-0.15, -0.1) is 11.3 Å². The normalized spacial score (nSPS) is 17.1. The first-order valence-corrected chi connectivity index (χ1v) is 10.3. The highest BCUT2D eigenvalue weighted by molar-refractivity contribution is 7.14. The third-order valence-corrected chi connectivity index (χ3v) is 5.38. The second kappa shape index (κ2) is 8.95. The van der Waals surface area contributed by atoms with Crippen LogP contribution in [-0.2, 0) is 11.3 Å². The highest BCUT2D eigenvalue weighted by Gasteiger charge is 2.14. The summed E-state index contributed by atoms with van der Waals surface area (Å²) in [6.45, 7) is 1.44. The topological polar surface area (TPSA) is 69.0 Å². The molecule has 0 radical (unpaired) electrons. The largest absolute Gasteiger partial charge is 0.374 e. The Bertz CT molecular complexity index is 942. The Balaban J connectivity index is 1.39. The van der Waals surface area contributed by atoms with Crippen molar-refractivity contribution in [1.29, 1.82) is 0 Å². The summed E-state index contributed by atoms with van der Waals surface area (Å²) in [4.78, 5) is 21.2. The van der Waals surface area contributed by atoms with Crippen molar-refractivity contribution in [1.82, 2.24) is 14.5 Å². The zero-order valence-electron chi connectivity index (χ0n) is 15.5. The number of nitrogens with zero attached hydrogens (tertiary/aromatic N) is 3. The summed E-state index contributed by atoms with van der Waals surface area (Å²) in [5.41, 5.74) is 2.52. The van der Waals surface area contributed by atoms with Crippen LogP contribution >= 0.6 is 11.3 Å². The van der Waals surface area contributed by atoms with Crippen molar-refractivity contribution in [2.24, 2.45) is 0 Å². The summed E-state index contributed by atoms with van der Waals surface area (Å²) in [5.74, 6) is -0.167. The van der Waals surface area contributed by atoms with Gasteiger partial charge in [0.2, 0.25) is 0 Å². The monoisotopic (exact) mass is 394 g/mol. The molecule has 0 saturated carbocycles. The molecule has 1 atom stereocenters. The molecule has 7 heteroatoms. The molecule has 28 heavy (non-hydrogen) atoms. The van der Waals surface area contributed by atoms with Crippen molar-refractivity contribution in [2.45, 2.75) is 31.9 Å². The second-order valence-corrected chi connectivity index (χ2v) is 7.53. The van der Waals surface area contributed by atoms with E-state index in [1.807, 2.05) is 46.5 Å². The Morgan fingerprint density at radius 3 is 3.04 bits per heavy atom. The number of anilines is 1. The molecule has 0 aromatic carbocycles. The van der Waals surface area contributed by atoms with Gasteiger partial charge in [-0.25, -0.2) is 4.98 Å². The molecule has 0 spiro atoms. The number of hydrogen-bond donors (Lipinski definition) is 1. The van der Waals surface area contributed by atoms with Crippen molar-refractivity contribution in [3.63, 3.8) is 0 Å². The van der Waals surface area contributed by atoms with Gasteiger partial charge >= 0.3 is 0 Å². The van der Waals surface area contributed by atoms with Crippen molar-refractivity contribution in [3.05, 3.63) is 71.3 Å². The Labute approximate surface area is 167 Å². The molecule has 4 rings (SSSR count). The predicted molar refractivity (Wildman–Crippen MR) is 110 cm³/mol. The van der Waals surface area contributed by atoms with Crippen LogP contribution in [0.1, 0.15) is 41.0 Å². The van der Waals surface area contributed by atoms with E-state index >= 15 is 0 Å². The van der Waals surface area contributed by atoms with Gasteiger partial charge in [0.15, 0.2) is 5.13 Å². The van der Waals surface area contributed by atoms with Gasteiger partial charge < -0.3 is 9.30 Å². The molecule has 144 valence electrons. The smallest absolute Gasteiger partial charge is 0.274 e. The second-order valence-electron chi connectivity index (χ2n) is 6.67. The number of aromatic nitrogens is 3. The maximum absolute atomic E-state index is 12.7. The van der Waals surface area contributed by atoms with Crippen LogP contribution in [0.25, 0.3) is 6.08 Å². The average molecular weight is 395 g/mol. The molecule has 0 aliphatic carbocycles. The molecule has 0 bridgehead atoms. The Kier molecular flexibility index (Phi) is 5.94. The predicted octanol–water partition coefficient (Wildman–Crippen LogP) is 4.22. The SMILES string of the molecule is O=C(Nc1nc(C=CC2CCCCO2)cs1)c1cccn1Cc1ccncc1. The maximum atomic E-state index is 12.7. The summed E-state index contributed by atoms with van der Waals surface area (Å²) in [6, 6.07) is 7.57. The molecule has 6 nitrogen and oxygen atoms in total. The van der Waals surface area contributed by atoms with E-state index in [1.165, 1.54) is 17.8 Å². The van der Waals surface area contributed by atoms with Crippen molar-refractivity contribution in [3.8, 4) is 0 Å². The minimum absolute atomic E-state index is 0.167. The molecule has 1 unspecified atom stereocenters. The molecule has 3 aromatic rings. The number of hydrogen-bond acceptors (Lipinski definition) is 5. The quantitative estimate of drug-likeness (QED) is 0.680. The highest BCUT2D eigenvalue weighted by Crippen LogP contribution is 2.20. The lowest BCUT2D eigenvalue weighted by Gasteiger charge is -2.18. The molecular weight excluding hydrogens is 372 g/mol. The molecule has 3 aromatic heterocycles. The van der Waals surface area contributed by atoms with E-state index in [0.29, 0.717) is 17.4 Å². The maximum Gasteiger partial charge on any atom is 0.274 e. The van der Waals surface area contributed by atoms with Gasteiger partial charge in [0.25, 0.3) is 5.91 Å². The first-order chi connectivity index (χ1) is 13.8. The minimum atomic E-state index is -0.167. The van der Waals surface area contributed by atoms with Crippen LogP contribution in [0.4, 0.5) is 5.13 Å². The number of amides is 1. The first-order valence-electron chi connectivity index (χ1n) is 9.39. The van der Waals surface area contributed by atoms with Crippen LogP contribution in [0.2, 0.25) is 0 Å². The van der Waals surface area contributed by atoms with E-state index in [4.69, 9.17) is 4.74 Å². The third kappa shape index (κ3) is 4.74. The van der Waals surface area contributed by atoms with E-state index < -0.39 is 0 Å². The Hall–Kier alpha value is -2.77. The van der Waals surface area contributed by atoms with Gasteiger partial charge in [0, 0.05) is 37.1 Å². The van der Waals surface area contributed by atoms with E-state index in [9.17, 15) is 4.79 Å². The molecule has 1 amide bonds. The fourth-order valence-electron chi connectivity index (χ4n) is 3.15. The molecule has 1 fully saturated rings. The van der Waals surface area contributed by atoms with Gasteiger partial charge in [-0.05, 0) is 55.2 Å². The van der Waals surface area contributed by atoms with E-state index in [0.717, 1.165) is 30.7 Å². The lowest BCUT2D eigenvalue weighted by molar-refractivity contribution is 0.0471.